The maximum absolute atomic E-state index is 13.6. The van der Waals surface area contributed by atoms with E-state index < -0.39 is 5.82 Å². The highest BCUT2D eigenvalue weighted by molar-refractivity contribution is 6.30. The first-order valence-corrected chi connectivity index (χ1v) is 7.59. The molecule has 0 aliphatic heterocycles. The van der Waals surface area contributed by atoms with E-state index in [0.29, 0.717) is 13.1 Å². The van der Waals surface area contributed by atoms with Crippen molar-refractivity contribution in [2.75, 3.05) is 38.5 Å². The Morgan fingerprint density at radius 3 is 2.45 bits per heavy atom. The fraction of sp³-hybridized carbons (Fsp3) is 0.467. The maximum Gasteiger partial charge on any atom is 0.279 e. The van der Waals surface area contributed by atoms with Crippen LogP contribution in [0.5, 0.6) is 0 Å². The molecule has 1 aromatic rings. The minimum atomic E-state index is -0.585. The van der Waals surface area contributed by atoms with Crippen molar-refractivity contribution in [3.05, 3.63) is 29.0 Å². The zero-order valence-corrected chi connectivity index (χ0v) is 13.8. The molecule has 7 heteroatoms. The number of hydrogen-bond acceptors (Lipinski definition) is 2. The number of benzene rings is 1. The summed E-state index contributed by atoms with van der Waals surface area (Å²) in [5, 5.41) is 2.75. The van der Waals surface area contributed by atoms with Gasteiger partial charge in [0.15, 0.2) is 13.1 Å². The molecule has 0 aromatic heterocycles. The standard InChI is InChI=1S/C15H21ClFN3O2/c1-4-20(5-2)15(22)10-19(3)9-14(21)18-13-7-6-11(16)8-12(13)17/h6-8H,4-5,9-10H2,1-3H3,(H,18,21)/p+1. The van der Waals surface area contributed by atoms with Crippen LogP contribution in [0.25, 0.3) is 0 Å². The first-order chi connectivity index (χ1) is 10.4. The molecular weight excluding hydrogens is 309 g/mol. The molecule has 0 heterocycles. The molecule has 0 aliphatic carbocycles. The quantitative estimate of drug-likeness (QED) is 0.777. The van der Waals surface area contributed by atoms with Crippen LogP contribution in [0.15, 0.2) is 18.2 Å². The normalized spacial score (nSPS) is 11.9. The number of anilines is 1. The largest absolute Gasteiger partial charge is 0.338 e. The van der Waals surface area contributed by atoms with Crippen molar-refractivity contribution in [1.82, 2.24) is 4.90 Å². The summed E-state index contributed by atoms with van der Waals surface area (Å²) < 4.78 is 13.6. The van der Waals surface area contributed by atoms with Crippen LogP contribution in [-0.2, 0) is 9.59 Å². The monoisotopic (exact) mass is 330 g/mol. The summed E-state index contributed by atoms with van der Waals surface area (Å²) in [6, 6.07) is 4.05. The van der Waals surface area contributed by atoms with E-state index in [9.17, 15) is 14.0 Å². The number of halogens is 2. The van der Waals surface area contributed by atoms with E-state index >= 15 is 0 Å². The van der Waals surface area contributed by atoms with E-state index in [0.717, 1.165) is 11.0 Å². The van der Waals surface area contributed by atoms with Gasteiger partial charge in [0.2, 0.25) is 0 Å². The highest BCUT2D eigenvalue weighted by atomic mass is 35.5. The molecule has 1 atom stereocenters. The van der Waals surface area contributed by atoms with E-state index in [1.807, 2.05) is 13.8 Å². The number of nitrogens with zero attached hydrogens (tertiary/aromatic N) is 1. The molecular formula is C15H22ClFN3O2+. The molecule has 22 heavy (non-hydrogen) atoms. The lowest BCUT2D eigenvalue weighted by Gasteiger charge is -2.20. The molecule has 1 aromatic carbocycles. The van der Waals surface area contributed by atoms with E-state index in [4.69, 9.17) is 11.6 Å². The minimum Gasteiger partial charge on any atom is -0.338 e. The van der Waals surface area contributed by atoms with Gasteiger partial charge in [-0.1, -0.05) is 11.6 Å². The Bertz CT molecular complexity index is 536. The van der Waals surface area contributed by atoms with Crippen molar-refractivity contribution < 1.29 is 18.9 Å². The number of hydrogen-bond donors (Lipinski definition) is 2. The smallest absolute Gasteiger partial charge is 0.279 e. The topological polar surface area (TPSA) is 53.9 Å². The van der Waals surface area contributed by atoms with Crippen LogP contribution in [0.2, 0.25) is 5.02 Å². The van der Waals surface area contributed by atoms with Crippen molar-refractivity contribution >= 4 is 29.1 Å². The van der Waals surface area contributed by atoms with Gasteiger partial charge in [-0.15, -0.1) is 0 Å². The Kier molecular flexibility index (Phi) is 7.27. The summed E-state index contributed by atoms with van der Waals surface area (Å²) in [6.45, 7) is 5.41. The van der Waals surface area contributed by atoms with E-state index in [-0.39, 0.29) is 35.6 Å². The first kappa shape index (κ1) is 18.4. The van der Waals surface area contributed by atoms with Gasteiger partial charge >= 0.3 is 0 Å². The van der Waals surface area contributed by atoms with Gasteiger partial charge in [0.05, 0.1) is 12.7 Å². The van der Waals surface area contributed by atoms with Crippen LogP contribution in [-0.4, -0.2) is 49.9 Å². The summed E-state index contributed by atoms with van der Waals surface area (Å²) in [5.74, 6) is -0.947. The fourth-order valence-electron chi connectivity index (χ4n) is 2.07. The molecule has 0 radical (unpaired) electrons. The highest BCUT2D eigenvalue weighted by Crippen LogP contribution is 2.18. The van der Waals surface area contributed by atoms with E-state index in [1.54, 1.807) is 11.9 Å². The number of amides is 2. The third-order valence-electron chi connectivity index (χ3n) is 3.24. The Morgan fingerprint density at radius 2 is 1.91 bits per heavy atom. The maximum atomic E-state index is 13.6. The third kappa shape index (κ3) is 5.61. The molecule has 1 unspecified atom stereocenters. The lowest BCUT2D eigenvalue weighted by atomic mass is 10.3. The Morgan fingerprint density at radius 1 is 1.27 bits per heavy atom. The number of likely N-dealkylation sites (N-methyl/N-ethyl adjacent to an activating group) is 2. The van der Waals surface area contributed by atoms with Crippen LogP contribution < -0.4 is 10.2 Å². The lowest BCUT2D eigenvalue weighted by molar-refractivity contribution is -0.862. The van der Waals surface area contributed by atoms with Crippen LogP contribution >= 0.6 is 11.6 Å². The second-order valence-corrected chi connectivity index (χ2v) is 5.49. The van der Waals surface area contributed by atoms with Crippen LogP contribution in [0, 0.1) is 5.82 Å². The molecule has 0 saturated carbocycles. The second kappa shape index (κ2) is 8.70. The van der Waals surface area contributed by atoms with Gasteiger partial charge in [0, 0.05) is 18.1 Å². The van der Waals surface area contributed by atoms with Crippen LogP contribution in [0.1, 0.15) is 13.8 Å². The Hall–Kier alpha value is -1.66. The minimum absolute atomic E-state index is 0.00651. The summed E-state index contributed by atoms with van der Waals surface area (Å²) in [7, 11) is 1.75. The predicted octanol–water partition coefficient (Wildman–Crippen LogP) is 0.801. The predicted molar refractivity (Wildman–Crippen MR) is 84.6 cm³/mol. The average Bonchev–Trinajstić information content (AvgIpc) is 2.43. The summed E-state index contributed by atoms with van der Waals surface area (Å²) in [6.07, 6.45) is 0. The zero-order valence-electron chi connectivity index (χ0n) is 13.1. The number of carbonyl (C=O) groups excluding carboxylic acids is 2. The second-order valence-electron chi connectivity index (χ2n) is 5.05. The van der Waals surface area contributed by atoms with Crippen molar-refractivity contribution in [3.8, 4) is 0 Å². The SMILES string of the molecule is CCN(CC)C(=O)C[NH+](C)CC(=O)Nc1ccc(Cl)cc1F. The number of carbonyl (C=O) groups is 2. The van der Waals surface area contributed by atoms with Crippen molar-refractivity contribution in [2.24, 2.45) is 0 Å². The highest BCUT2D eigenvalue weighted by Gasteiger charge is 2.18. The van der Waals surface area contributed by atoms with Crippen molar-refractivity contribution in [1.29, 1.82) is 0 Å². The molecule has 0 bridgehead atoms. The van der Waals surface area contributed by atoms with E-state index in [1.165, 1.54) is 12.1 Å². The fourth-order valence-corrected chi connectivity index (χ4v) is 2.23. The zero-order chi connectivity index (χ0) is 16.7. The van der Waals surface area contributed by atoms with Gasteiger partial charge in [-0.25, -0.2) is 4.39 Å². The molecule has 0 aliphatic rings. The van der Waals surface area contributed by atoms with Gasteiger partial charge in [0.25, 0.3) is 11.8 Å². The van der Waals surface area contributed by atoms with Crippen LogP contribution in [0.4, 0.5) is 10.1 Å². The van der Waals surface area contributed by atoms with Gasteiger partial charge in [-0.05, 0) is 32.0 Å². The van der Waals surface area contributed by atoms with Crippen LogP contribution in [0.3, 0.4) is 0 Å². The van der Waals surface area contributed by atoms with Gasteiger partial charge in [0.1, 0.15) is 5.82 Å². The van der Waals surface area contributed by atoms with Gasteiger partial charge < -0.3 is 15.1 Å². The number of quaternary nitrogens is 1. The Labute approximate surface area is 135 Å². The molecule has 122 valence electrons. The summed E-state index contributed by atoms with van der Waals surface area (Å²) in [4.78, 5) is 26.3. The van der Waals surface area contributed by atoms with Gasteiger partial charge in [-0.2, -0.15) is 0 Å². The molecule has 0 fully saturated rings. The number of rotatable bonds is 7. The average molecular weight is 331 g/mol. The first-order valence-electron chi connectivity index (χ1n) is 7.21. The summed E-state index contributed by atoms with van der Waals surface area (Å²) >= 11 is 5.65. The van der Waals surface area contributed by atoms with Crippen molar-refractivity contribution in [2.45, 2.75) is 13.8 Å². The van der Waals surface area contributed by atoms with Gasteiger partial charge in [-0.3, -0.25) is 9.59 Å². The number of nitrogens with one attached hydrogen (secondary N) is 2. The summed E-state index contributed by atoms with van der Waals surface area (Å²) in [5.41, 5.74) is 0.0808. The lowest BCUT2D eigenvalue weighted by Crippen LogP contribution is -3.11. The molecule has 0 spiro atoms. The van der Waals surface area contributed by atoms with Crippen molar-refractivity contribution in [3.63, 3.8) is 0 Å². The molecule has 5 nitrogen and oxygen atoms in total. The third-order valence-corrected chi connectivity index (χ3v) is 3.47. The molecule has 2 N–H and O–H groups in total. The molecule has 2 amide bonds. The van der Waals surface area contributed by atoms with E-state index in [2.05, 4.69) is 5.32 Å². The molecule has 0 saturated heterocycles. The Balaban J connectivity index is 2.52. The molecule has 1 rings (SSSR count).